The van der Waals surface area contributed by atoms with Crippen molar-refractivity contribution < 1.29 is 4.79 Å². The van der Waals surface area contributed by atoms with Crippen LogP contribution in [0.25, 0.3) is 0 Å². The Hall–Kier alpha value is -1.33. The number of hydrogen-bond acceptors (Lipinski definition) is 2. The molecule has 1 aromatic rings. The molecule has 1 aromatic carbocycles. The third-order valence-electron chi connectivity index (χ3n) is 1.96. The molecule has 0 bridgehead atoms. The lowest BCUT2D eigenvalue weighted by Gasteiger charge is -2.06. The number of halogens is 1. The molecule has 0 radical (unpaired) electrons. The van der Waals surface area contributed by atoms with E-state index in [0.717, 1.165) is 0 Å². The summed E-state index contributed by atoms with van der Waals surface area (Å²) in [6, 6.07) is 8.68. The number of benzene rings is 1. The molecule has 1 unspecified atom stereocenters. The molecule has 0 saturated heterocycles. The molecular weight excluding hydrogens is 198 g/mol. The van der Waals surface area contributed by atoms with Crippen molar-refractivity contribution in [3.63, 3.8) is 0 Å². The number of carbonyl (C=O) groups excluding carboxylic acids is 1. The number of alkyl halides is 1. The second-order valence-corrected chi connectivity index (χ2v) is 3.42. The molecule has 0 N–H and O–H groups in total. The fourth-order valence-electron chi connectivity index (χ4n) is 1.15. The van der Waals surface area contributed by atoms with E-state index in [1.165, 1.54) is 0 Å². The van der Waals surface area contributed by atoms with Gasteiger partial charge in [-0.3, -0.25) is 4.79 Å². The minimum Gasteiger partial charge on any atom is -0.292 e. The van der Waals surface area contributed by atoms with E-state index in [1.807, 2.05) is 13.0 Å². The zero-order valence-electron chi connectivity index (χ0n) is 7.83. The summed E-state index contributed by atoms with van der Waals surface area (Å²) in [5.41, 5.74) is 0.799. The molecule has 0 aliphatic carbocycles. The van der Waals surface area contributed by atoms with E-state index in [2.05, 4.69) is 0 Å². The molecule has 72 valence electrons. The summed E-state index contributed by atoms with van der Waals surface area (Å²) in [6.45, 7) is 1.84. The van der Waals surface area contributed by atoms with E-state index >= 15 is 0 Å². The number of carbonyl (C=O) groups is 1. The lowest BCUT2D eigenvalue weighted by Crippen LogP contribution is -2.14. The molecule has 3 heteroatoms. The van der Waals surface area contributed by atoms with Gasteiger partial charge in [0, 0.05) is 5.56 Å². The number of rotatable bonds is 3. The average molecular weight is 208 g/mol. The highest BCUT2D eigenvalue weighted by atomic mass is 35.5. The van der Waals surface area contributed by atoms with Crippen molar-refractivity contribution in [1.82, 2.24) is 0 Å². The van der Waals surface area contributed by atoms with Crippen LogP contribution in [-0.2, 0) is 0 Å². The first-order valence-corrected chi connectivity index (χ1v) is 4.81. The van der Waals surface area contributed by atoms with Crippen LogP contribution in [0.15, 0.2) is 24.3 Å². The smallest absolute Gasteiger partial charge is 0.181 e. The van der Waals surface area contributed by atoms with Crippen LogP contribution in [0.3, 0.4) is 0 Å². The van der Waals surface area contributed by atoms with Gasteiger partial charge in [-0.2, -0.15) is 5.26 Å². The van der Waals surface area contributed by atoms with Crippen LogP contribution < -0.4 is 0 Å². The highest BCUT2D eigenvalue weighted by Crippen LogP contribution is 2.14. The molecule has 0 spiro atoms. The molecule has 0 amide bonds. The number of nitrogens with zero attached hydrogens (tertiary/aromatic N) is 1. The topological polar surface area (TPSA) is 40.9 Å². The quantitative estimate of drug-likeness (QED) is 0.565. The van der Waals surface area contributed by atoms with Crippen molar-refractivity contribution in [1.29, 1.82) is 5.26 Å². The molecule has 2 nitrogen and oxygen atoms in total. The van der Waals surface area contributed by atoms with Gasteiger partial charge in [-0.15, -0.1) is 11.6 Å². The van der Waals surface area contributed by atoms with Crippen molar-refractivity contribution in [2.45, 2.75) is 18.7 Å². The Kier molecular flexibility index (Phi) is 3.67. The molecule has 0 saturated carbocycles. The second kappa shape index (κ2) is 4.78. The number of ketones is 1. The van der Waals surface area contributed by atoms with Crippen molar-refractivity contribution >= 4 is 17.4 Å². The molecule has 0 aliphatic rings. The molecule has 1 atom stereocenters. The Morgan fingerprint density at radius 3 is 2.79 bits per heavy atom. The number of Topliss-reactive ketones (excluding diaryl/α,β-unsaturated/α-hetero) is 1. The fraction of sp³-hybridized carbons (Fsp3) is 0.273. The maximum absolute atomic E-state index is 11.7. The Labute approximate surface area is 88.1 Å². The highest BCUT2D eigenvalue weighted by molar-refractivity contribution is 6.34. The van der Waals surface area contributed by atoms with Gasteiger partial charge in [0.1, 0.15) is 0 Å². The first-order valence-electron chi connectivity index (χ1n) is 4.38. The first-order chi connectivity index (χ1) is 6.70. The van der Waals surface area contributed by atoms with Crippen molar-refractivity contribution in [2.75, 3.05) is 0 Å². The predicted molar refractivity (Wildman–Crippen MR) is 55.4 cm³/mol. The van der Waals surface area contributed by atoms with Gasteiger partial charge in [-0.25, -0.2) is 0 Å². The van der Waals surface area contributed by atoms with Gasteiger partial charge in [0.25, 0.3) is 0 Å². The standard InChI is InChI=1S/C11H10ClNO/c1-2-10(12)11(14)9-6-4-3-5-8(9)7-13/h3-6,10H,2H2,1H3. The minimum absolute atomic E-state index is 0.175. The van der Waals surface area contributed by atoms with E-state index in [9.17, 15) is 4.79 Å². The van der Waals surface area contributed by atoms with Crippen LogP contribution >= 0.6 is 11.6 Å². The van der Waals surface area contributed by atoms with E-state index < -0.39 is 5.38 Å². The Morgan fingerprint density at radius 2 is 2.21 bits per heavy atom. The fourth-order valence-corrected chi connectivity index (χ4v) is 1.27. The Bertz CT molecular complexity index is 381. The maximum atomic E-state index is 11.7. The molecular formula is C11H10ClNO. The van der Waals surface area contributed by atoms with Crippen LogP contribution in [0.1, 0.15) is 29.3 Å². The van der Waals surface area contributed by atoms with Crippen LogP contribution in [0.2, 0.25) is 0 Å². The summed E-state index contributed by atoms with van der Waals surface area (Å²) in [6.07, 6.45) is 0.570. The summed E-state index contributed by atoms with van der Waals surface area (Å²) in [4.78, 5) is 11.7. The monoisotopic (exact) mass is 207 g/mol. The summed E-state index contributed by atoms with van der Waals surface area (Å²) in [7, 11) is 0. The van der Waals surface area contributed by atoms with E-state index in [-0.39, 0.29) is 5.78 Å². The van der Waals surface area contributed by atoms with Gasteiger partial charge in [-0.05, 0) is 12.5 Å². The maximum Gasteiger partial charge on any atom is 0.181 e. The predicted octanol–water partition coefficient (Wildman–Crippen LogP) is 2.76. The first kappa shape index (κ1) is 10.7. The molecule has 1 rings (SSSR count). The number of hydrogen-bond donors (Lipinski definition) is 0. The molecule has 0 aromatic heterocycles. The van der Waals surface area contributed by atoms with E-state index in [0.29, 0.717) is 17.5 Å². The zero-order valence-corrected chi connectivity index (χ0v) is 8.58. The number of nitriles is 1. The summed E-state index contributed by atoms with van der Waals surface area (Å²) < 4.78 is 0. The van der Waals surface area contributed by atoms with Gasteiger partial charge < -0.3 is 0 Å². The van der Waals surface area contributed by atoms with Crippen LogP contribution in [0, 0.1) is 11.3 Å². The molecule has 14 heavy (non-hydrogen) atoms. The van der Waals surface area contributed by atoms with Crippen molar-refractivity contribution in [3.8, 4) is 6.07 Å². The largest absolute Gasteiger partial charge is 0.292 e. The summed E-state index contributed by atoms with van der Waals surface area (Å²) >= 11 is 5.82. The van der Waals surface area contributed by atoms with Gasteiger partial charge in [0.15, 0.2) is 5.78 Å². The van der Waals surface area contributed by atoms with Crippen LogP contribution in [0.5, 0.6) is 0 Å². The SMILES string of the molecule is CCC(Cl)C(=O)c1ccccc1C#N. The van der Waals surface area contributed by atoms with Gasteiger partial charge in [0.05, 0.1) is 17.0 Å². The van der Waals surface area contributed by atoms with Gasteiger partial charge in [0.2, 0.25) is 0 Å². The van der Waals surface area contributed by atoms with Crippen molar-refractivity contribution in [2.24, 2.45) is 0 Å². The Morgan fingerprint density at radius 1 is 1.57 bits per heavy atom. The van der Waals surface area contributed by atoms with Crippen LogP contribution in [-0.4, -0.2) is 11.2 Å². The van der Waals surface area contributed by atoms with E-state index in [1.54, 1.807) is 24.3 Å². The third-order valence-corrected chi connectivity index (χ3v) is 2.46. The third kappa shape index (κ3) is 2.12. The van der Waals surface area contributed by atoms with E-state index in [4.69, 9.17) is 16.9 Å². The lowest BCUT2D eigenvalue weighted by atomic mass is 10.0. The minimum atomic E-state index is -0.538. The summed E-state index contributed by atoms with van der Waals surface area (Å²) in [5.74, 6) is -0.175. The summed E-state index contributed by atoms with van der Waals surface area (Å²) in [5, 5.41) is 8.24. The zero-order chi connectivity index (χ0) is 10.6. The lowest BCUT2D eigenvalue weighted by molar-refractivity contribution is 0.0985. The van der Waals surface area contributed by atoms with Crippen molar-refractivity contribution in [3.05, 3.63) is 35.4 Å². The highest BCUT2D eigenvalue weighted by Gasteiger charge is 2.17. The van der Waals surface area contributed by atoms with Gasteiger partial charge in [-0.1, -0.05) is 25.1 Å². The second-order valence-electron chi connectivity index (χ2n) is 2.90. The van der Waals surface area contributed by atoms with Crippen LogP contribution in [0.4, 0.5) is 0 Å². The molecule has 0 fully saturated rings. The van der Waals surface area contributed by atoms with Gasteiger partial charge >= 0.3 is 0 Å². The molecule has 0 aliphatic heterocycles. The normalized spacial score (nSPS) is 11.8. The Balaban J connectivity index is 3.08. The molecule has 0 heterocycles. The average Bonchev–Trinajstić information content (AvgIpc) is 2.26.